The van der Waals surface area contributed by atoms with Crippen molar-refractivity contribution < 1.29 is 14.6 Å². The van der Waals surface area contributed by atoms with Gasteiger partial charge in [-0.05, 0) is 6.07 Å². The highest BCUT2D eigenvalue weighted by Gasteiger charge is 2.19. The highest BCUT2D eigenvalue weighted by Crippen LogP contribution is 2.12. The number of carbonyl (C=O) groups excluding carboxylic acids is 1. The third kappa shape index (κ3) is 2.91. The normalized spacial score (nSPS) is 11.9. The molecule has 1 unspecified atom stereocenters. The lowest BCUT2D eigenvalue weighted by Crippen LogP contribution is -2.32. The van der Waals surface area contributed by atoms with Gasteiger partial charge in [0.2, 0.25) is 5.88 Å². The van der Waals surface area contributed by atoms with E-state index in [1.807, 2.05) is 0 Å². The number of aliphatic hydroxyl groups excluding tert-OH is 1. The molecule has 0 aliphatic heterocycles. The first-order chi connectivity index (χ1) is 9.65. The van der Waals surface area contributed by atoms with Gasteiger partial charge < -0.3 is 15.2 Å². The molecule has 8 nitrogen and oxygen atoms in total. The van der Waals surface area contributed by atoms with Gasteiger partial charge in [0.25, 0.3) is 5.91 Å². The van der Waals surface area contributed by atoms with Gasteiger partial charge in [0, 0.05) is 13.2 Å². The summed E-state index contributed by atoms with van der Waals surface area (Å²) in [5.41, 5.74) is 0.807. The number of aliphatic hydroxyl groups is 1. The molecule has 1 atom stereocenters. The van der Waals surface area contributed by atoms with E-state index in [2.05, 4.69) is 20.4 Å². The first-order valence-corrected chi connectivity index (χ1v) is 5.91. The molecule has 0 aromatic carbocycles. The molecule has 106 valence electrons. The highest BCUT2D eigenvalue weighted by molar-refractivity contribution is 5.92. The molecule has 0 fully saturated rings. The summed E-state index contributed by atoms with van der Waals surface area (Å²) in [5.74, 6) is -0.199. The quantitative estimate of drug-likeness (QED) is 0.776. The van der Waals surface area contributed by atoms with Gasteiger partial charge in [-0.15, -0.1) is 0 Å². The number of ether oxygens (including phenoxy) is 1. The van der Waals surface area contributed by atoms with Crippen LogP contribution in [-0.2, 0) is 7.05 Å². The monoisotopic (exact) mass is 277 g/mol. The van der Waals surface area contributed by atoms with E-state index in [1.165, 1.54) is 19.5 Å². The standard InChI is InChI=1S/C12H15N5O3/c1-17-10(3-4-14-17)9(7-18)16-12(19)8-5-13-6-11(15-8)20-2/h3-6,9,18H,7H2,1-2H3,(H,16,19). The first-order valence-electron chi connectivity index (χ1n) is 5.91. The van der Waals surface area contributed by atoms with Crippen LogP contribution < -0.4 is 10.1 Å². The van der Waals surface area contributed by atoms with Crippen molar-refractivity contribution in [2.75, 3.05) is 13.7 Å². The molecule has 2 aromatic rings. The van der Waals surface area contributed by atoms with Crippen molar-refractivity contribution in [3.63, 3.8) is 0 Å². The van der Waals surface area contributed by atoms with E-state index < -0.39 is 11.9 Å². The van der Waals surface area contributed by atoms with Gasteiger partial charge in [-0.3, -0.25) is 14.5 Å². The number of aromatic nitrogens is 4. The number of nitrogens with one attached hydrogen (secondary N) is 1. The first kappa shape index (κ1) is 13.9. The molecule has 2 aromatic heterocycles. The molecule has 0 aliphatic rings. The Hall–Kier alpha value is -2.48. The van der Waals surface area contributed by atoms with E-state index in [9.17, 15) is 9.90 Å². The second kappa shape index (κ2) is 6.11. The number of amides is 1. The lowest BCUT2D eigenvalue weighted by molar-refractivity contribution is 0.0907. The number of methoxy groups -OCH3 is 1. The van der Waals surface area contributed by atoms with Crippen LogP contribution in [0.25, 0.3) is 0 Å². The summed E-state index contributed by atoms with van der Waals surface area (Å²) < 4.78 is 6.49. The van der Waals surface area contributed by atoms with Crippen LogP contribution in [0.4, 0.5) is 0 Å². The maximum absolute atomic E-state index is 12.1. The average Bonchev–Trinajstić information content (AvgIpc) is 2.90. The van der Waals surface area contributed by atoms with E-state index in [-0.39, 0.29) is 18.2 Å². The molecular weight excluding hydrogens is 262 g/mol. The number of carbonyl (C=O) groups is 1. The minimum Gasteiger partial charge on any atom is -0.480 e. The topological polar surface area (TPSA) is 102 Å². The summed E-state index contributed by atoms with van der Waals surface area (Å²) in [6.45, 7) is -0.247. The third-order valence-corrected chi connectivity index (χ3v) is 2.76. The Morgan fingerprint density at radius 2 is 2.35 bits per heavy atom. The predicted octanol–water partition coefficient (Wildman–Crippen LogP) is -0.318. The van der Waals surface area contributed by atoms with Crippen LogP contribution in [0.2, 0.25) is 0 Å². The second-order valence-corrected chi connectivity index (χ2v) is 4.03. The molecule has 0 saturated heterocycles. The zero-order valence-electron chi connectivity index (χ0n) is 11.1. The summed E-state index contributed by atoms with van der Waals surface area (Å²) in [6.07, 6.45) is 4.33. The number of rotatable bonds is 5. The van der Waals surface area contributed by atoms with Crippen LogP contribution in [0.5, 0.6) is 5.88 Å². The fourth-order valence-electron chi connectivity index (χ4n) is 1.73. The molecule has 2 N–H and O–H groups in total. The minimum absolute atomic E-state index is 0.116. The van der Waals surface area contributed by atoms with E-state index in [1.54, 1.807) is 24.0 Å². The van der Waals surface area contributed by atoms with E-state index >= 15 is 0 Å². The van der Waals surface area contributed by atoms with Crippen LogP contribution in [0.15, 0.2) is 24.7 Å². The van der Waals surface area contributed by atoms with Crippen LogP contribution in [0, 0.1) is 0 Å². The van der Waals surface area contributed by atoms with E-state index in [0.717, 1.165) is 0 Å². The molecule has 0 radical (unpaired) electrons. The molecule has 20 heavy (non-hydrogen) atoms. The maximum atomic E-state index is 12.1. The Balaban J connectivity index is 2.15. The Labute approximate surface area is 115 Å². The Kier molecular flexibility index (Phi) is 4.26. The number of hydrogen-bond acceptors (Lipinski definition) is 6. The van der Waals surface area contributed by atoms with E-state index in [4.69, 9.17) is 4.74 Å². The zero-order chi connectivity index (χ0) is 14.5. The predicted molar refractivity (Wildman–Crippen MR) is 69.1 cm³/mol. The Morgan fingerprint density at radius 3 is 2.95 bits per heavy atom. The van der Waals surface area contributed by atoms with Gasteiger partial charge >= 0.3 is 0 Å². The van der Waals surface area contributed by atoms with E-state index in [0.29, 0.717) is 5.69 Å². The minimum atomic E-state index is -0.567. The smallest absolute Gasteiger partial charge is 0.272 e. The van der Waals surface area contributed by atoms with Crippen LogP contribution in [-0.4, -0.2) is 44.5 Å². The van der Waals surface area contributed by atoms with Gasteiger partial charge in [0.1, 0.15) is 5.69 Å². The molecular formula is C12H15N5O3. The van der Waals surface area contributed by atoms with Gasteiger partial charge in [-0.2, -0.15) is 5.10 Å². The van der Waals surface area contributed by atoms with Gasteiger partial charge in [0.05, 0.1) is 37.8 Å². The second-order valence-electron chi connectivity index (χ2n) is 4.03. The van der Waals surface area contributed by atoms with Gasteiger partial charge in [0.15, 0.2) is 0 Å². The Morgan fingerprint density at radius 1 is 1.55 bits per heavy atom. The summed E-state index contributed by atoms with van der Waals surface area (Å²) >= 11 is 0. The van der Waals surface area contributed by atoms with Crippen molar-refractivity contribution in [2.45, 2.75) is 6.04 Å². The van der Waals surface area contributed by atoms with Crippen LogP contribution in [0.1, 0.15) is 22.2 Å². The maximum Gasteiger partial charge on any atom is 0.272 e. The van der Waals surface area contributed by atoms with Crippen LogP contribution >= 0.6 is 0 Å². The summed E-state index contributed by atoms with van der Waals surface area (Å²) in [6, 6.07) is 1.15. The lowest BCUT2D eigenvalue weighted by Gasteiger charge is -2.16. The fraction of sp³-hybridized carbons (Fsp3) is 0.333. The Bertz CT molecular complexity index is 598. The zero-order valence-corrected chi connectivity index (χ0v) is 11.1. The molecule has 1 amide bonds. The van der Waals surface area contributed by atoms with Gasteiger partial charge in [-0.1, -0.05) is 0 Å². The fourth-order valence-corrected chi connectivity index (χ4v) is 1.73. The molecule has 0 saturated carbocycles. The van der Waals surface area contributed by atoms with Crippen molar-refractivity contribution in [3.8, 4) is 5.88 Å². The van der Waals surface area contributed by atoms with Crippen molar-refractivity contribution in [1.29, 1.82) is 0 Å². The summed E-state index contributed by atoms with van der Waals surface area (Å²) in [7, 11) is 3.17. The third-order valence-electron chi connectivity index (χ3n) is 2.76. The van der Waals surface area contributed by atoms with Crippen LogP contribution in [0.3, 0.4) is 0 Å². The van der Waals surface area contributed by atoms with Crippen molar-refractivity contribution in [1.82, 2.24) is 25.1 Å². The summed E-state index contributed by atoms with van der Waals surface area (Å²) in [4.78, 5) is 19.9. The summed E-state index contributed by atoms with van der Waals surface area (Å²) in [5, 5.41) is 16.1. The lowest BCUT2D eigenvalue weighted by atomic mass is 10.2. The molecule has 0 spiro atoms. The molecule has 0 aliphatic carbocycles. The largest absolute Gasteiger partial charge is 0.480 e. The number of hydrogen-bond donors (Lipinski definition) is 2. The molecule has 2 rings (SSSR count). The molecule has 2 heterocycles. The molecule has 0 bridgehead atoms. The van der Waals surface area contributed by atoms with Crippen molar-refractivity contribution >= 4 is 5.91 Å². The number of aryl methyl sites for hydroxylation is 1. The number of nitrogens with zero attached hydrogens (tertiary/aromatic N) is 4. The van der Waals surface area contributed by atoms with Crippen molar-refractivity contribution in [3.05, 3.63) is 36.0 Å². The highest BCUT2D eigenvalue weighted by atomic mass is 16.5. The average molecular weight is 277 g/mol. The van der Waals surface area contributed by atoms with Gasteiger partial charge in [-0.25, -0.2) is 4.98 Å². The van der Waals surface area contributed by atoms with Crippen molar-refractivity contribution in [2.24, 2.45) is 7.05 Å². The molecule has 8 heteroatoms. The SMILES string of the molecule is COc1cncc(C(=O)NC(CO)c2ccnn2C)n1.